The average molecular weight is 487 g/mol. The fraction of sp³-hybridized carbons (Fsp3) is 0.562. The van der Waals surface area contributed by atoms with Crippen LogP contribution in [0.15, 0.2) is 36.4 Å². The maximum atomic E-state index is 3.68. The van der Waals surface area contributed by atoms with Gasteiger partial charge in [-0.1, -0.05) is 45.9 Å². The van der Waals surface area contributed by atoms with Crippen LogP contribution in [0.4, 0.5) is 0 Å². The van der Waals surface area contributed by atoms with Crippen LogP contribution >= 0.6 is 0 Å². The molecule has 0 bridgehead atoms. The Morgan fingerprint density at radius 2 is 1.25 bits per heavy atom. The number of benzene rings is 2. The van der Waals surface area contributed by atoms with E-state index < -0.39 is 0 Å². The summed E-state index contributed by atoms with van der Waals surface area (Å²) in [5, 5.41) is 11.7. The summed E-state index contributed by atoms with van der Waals surface area (Å²) in [5.74, 6) is 0. The van der Waals surface area contributed by atoms with E-state index in [1.165, 1.54) is 90.6 Å². The molecule has 0 saturated carbocycles. The minimum atomic E-state index is 0.545. The Balaban J connectivity index is 0.000000637. The number of fused-ring (bicyclic) bond motifs is 6. The molecule has 2 atom stereocenters. The highest BCUT2D eigenvalue weighted by Gasteiger charge is 2.28. The summed E-state index contributed by atoms with van der Waals surface area (Å²) in [6.45, 7) is 12.5. The minimum absolute atomic E-state index is 0.545. The summed E-state index contributed by atoms with van der Waals surface area (Å²) in [7, 11) is 0. The second-order valence-electron chi connectivity index (χ2n) is 10.3. The van der Waals surface area contributed by atoms with Gasteiger partial charge in [-0.05, 0) is 88.2 Å². The van der Waals surface area contributed by atoms with E-state index in [1.54, 1.807) is 11.3 Å². The van der Waals surface area contributed by atoms with E-state index in [-0.39, 0.29) is 0 Å². The van der Waals surface area contributed by atoms with E-state index in [0.717, 1.165) is 19.6 Å². The van der Waals surface area contributed by atoms with Gasteiger partial charge < -0.3 is 19.8 Å². The molecule has 36 heavy (non-hydrogen) atoms. The summed E-state index contributed by atoms with van der Waals surface area (Å²) in [5.41, 5.74) is 7.63. The van der Waals surface area contributed by atoms with Gasteiger partial charge in [0.2, 0.25) is 0 Å². The normalized spacial score (nSPS) is 22.0. The lowest BCUT2D eigenvalue weighted by Crippen LogP contribution is -2.32. The van der Waals surface area contributed by atoms with Gasteiger partial charge in [-0.15, -0.1) is 0 Å². The number of rotatable bonds is 2. The molecule has 2 aromatic heterocycles. The minimum Gasteiger partial charge on any atom is -0.340 e. The van der Waals surface area contributed by atoms with E-state index in [0.29, 0.717) is 12.1 Å². The third-order valence-corrected chi connectivity index (χ3v) is 8.41. The topological polar surface area (TPSA) is 33.9 Å². The molecule has 1 aliphatic carbocycles. The first-order valence-corrected chi connectivity index (χ1v) is 14.9. The van der Waals surface area contributed by atoms with Gasteiger partial charge >= 0.3 is 0 Å². The van der Waals surface area contributed by atoms with Crippen LogP contribution in [0.25, 0.3) is 32.7 Å². The molecule has 2 aromatic carbocycles. The van der Waals surface area contributed by atoms with Crippen LogP contribution in [0.3, 0.4) is 0 Å². The van der Waals surface area contributed by atoms with Gasteiger partial charge in [-0.25, -0.2) is 0 Å². The maximum Gasteiger partial charge on any atom is 0.0502 e. The van der Waals surface area contributed by atoms with E-state index in [9.17, 15) is 0 Å². The number of hydrogen-bond acceptors (Lipinski definition) is 2. The number of nitrogens with zero attached hydrogens (tertiary/aromatic N) is 2. The highest BCUT2D eigenvalue weighted by atomic mass is 15.1. The third kappa shape index (κ3) is 4.26. The lowest BCUT2D eigenvalue weighted by atomic mass is 9.95. The van der Waals surface area contributed by atoms with Crippen molar-refractivity contribution in [3.8, 4) is 0 Å². The first-order chi connectivity index (χ1) is 17.9. The maximum absolute atomic E-state index is 3.68. The zero-order chi connectivity index (χ0) is 25.1. The molecule has 4 aromatic rings. The molecule has 0 amide bonds. The predicted octanol–water partition coefficient (Wildman–Crippen LogP) is 7.53. The molecule has 4 heteroatoms. The van der Waals surface area contributed by atoms with Crippen molar-refractivity contribution >= 4 is 32.7 Å². The van der Waals surface area contributed by atoms with Crippen LogP contribution in [-0.2, 0) is 12.8 Å². The Kier molecular flexibility index (Phi) is 8.03. The number of nitrogens with one attached hydrogen (secondary N) is 2. The number of aromatic nitrogens is 2. The van der Waals surface area contributed by atoms with Gasteiger partial charge in [0.1, 0.15) is 0 Å². The first kappa shape index (κ1) is 25.4. The first-order valence-electron chi connectivity index (χ1n) is 14.9. The molecule has 4 nitrogen and oxygen atoms in total. The third-order valence-electron chi connectivity index (χ3n) is 8.41. The molecular formula is C32H46N4. The summed E-state index contributed by atoms with van der Waals surface area (Å²) in [4.78, 5) is 0. The Bertz CT molecular complexity index is 1300. The SMILES string of the molecule is CC.CC.c1ccc2c(c1)c1cc3c(cc1n2C1CCCNC1)c1c(n3C2CCCNC2)CCCC1. The van der Waals surface area contributed by atoms with Crippen molar-refractivity contribution in [2.75, 3.05) is 26.2 Å². The number of hydrogen-bond donors (Lipinski definition) is 2. The Hall–Kier alpha value is -2.30. The molecular weight excluding hydrogens is 440 g/mol. The smallest absolute Gasteiger partial charge is 0.0502 e. The second-order valence-corrected chi connectivity index (χ2v) is 10.3. The quantitative estimate of drug-likeness (QED) is 0.307. The molecule has 2 N–H and O–H groups in total. The zero-order valence-electron chi connectivity index (χ0n) is 23.0. The molecule has 2 aliphatic heterocycles. The predicted molar refractivity (Wildman–Crippen MR) is 157 cm³/mol. The van der Waals surface area contributed by atoms with E-state index in [2.05, 4.69) is 56.2 Å². The molecule has 2 unspecified atom stereocenters. The summed E-state index contributed by atoms with van der Waals surface area (Å²) < 4.78 is 5.44. The molecule has 2 saturated heterocycles. The summed E-state index contributed by atoms with van der Waals surface area (Å²) in [6, 6.07) is 15.4. The van der Waals surface area contributed by atoms with E-state index in [4.69, 9.17) is 0 Å². The van der Waals surface area contributed by atoms with Crippen molar-refractivity contribution in [2.24, 2.45) is 0 Å². The summed E-state index contributed by atoms with van der Waals surface area (Å²) in [6.07, 6.45) is 10.3. The van der Waals surface area contributed by atoms with Gasteiger partial charge in [0, 0.05) is 58.1 Å². The highest BCUT2D eigenvalue weighted by molar-refractivity contribution is 6.13. The van der Waals surface area contributed by atoms with Gasteiger partial charge in [0.15, 0.2) is 0 Å². The molecule has 194 valence electrons. The van der Waals surface area contributed by atoms with Crippen LogP contribution in [0, 0.1) is 0 Å². The van der Waals surface area contributed by atoms with Crippen LogP contribution in [0.1, 0.15) is 89.6 Å². The molecule has 3 aliphatic rings. The van der Waals surface area contributed by atoms with Crippen molar-refractivity contribution < 1.29 is 0 Å². The number of piperidine rings is 2. The Morgan fingerprint density at radius 3 is 1.94 bits per heavy atom. The molecule has 0 radical (unpaired) electrons. The lowest BCUT2D eigenvalue weighted by molar-refractivity contribution is 0.369. The van der Waals surface area contributed by atoms with E-state index >= 15 is 0 Å². The van der Waals surface area contributed by atoms with Crippen molar-refractivity contribution in [3.05, 3.63) is 47.7 Å². The van der Waals surface area contributed by atoms with Gasteiger partial charge in [-0.2, -0.15) is 0 Å². The van der Waals surface area contributed by atoms with Gasteiger partial charge in [0.25, 0.3) is 0 Å². The lowest BCUT2D eigenvalue weighted by Gasteiger charge is -2.28. The van der Waals surface area contributed by atoms with Gasteiger partial charge in [0.05, 0.1) is 5.52 Å². The van der Waals surface area contributed by atoms with E-state index in [1.807, 2.05) is 27.7 Å². The van der Waals surface area contributed by atoms with Gasteiger partial charge in [-0.3, -0.25) is 0 Å². The van der Waals surface area contributed by atoms with Crippen LogP contribution in [-0.4, -0.2) is 35.3 Å². The zero-order valence-corrected chi connectivity index (χ0v) is 23.0. The monoisotopic (exact) mass is 486 g/mol. The Morgan fingerprint density at radius 1 is 0.639 bits per heavy atom. The van der Waals surface area contributed by atoms with Crippen molar-refractivity contribution in [3.63, 3.8) is 0 Å². The van der Waals surface area contributed by atoms with Crippen LogP contribution in [0.5, 0.6) is 0 Å². The summed E-state index contributed by atoms with van der Waals surface area (Å²) >= 11 is 0. The fourth-order valence-corrected chi connectivity index (χ4v) is 6.98. The number of para-hydroxylation sites is 1. The van der Waals surface area contributed by atoms with Crippen molar-refractivity contribution in [1.29, 1.82) is 0 Å². The molecule has 2 fully saturated rings. The highest BCUT2D eigenvalue weighted by Crippen LogP contribution is 2.41. The number of aryl methyl sites for hydroxylation is 1. The fourth-order valence-electron chi connectivity index (χ4n) is 6.98. The van der Waals surface area contributed by atoms with Crippen molar-refractivity contribution in [2.45, 2.75) is 91.1 Å². The van der Waals surface area contributed by atoms with Crippen LogP contribution < -0.4 is 10.6 Å². The largest absolute Gasteiger partial charge is 0.340 e. The van der Waals surface area contributed by atoms with Crippen LogP contribution in [0.2, 0.25) is 0 Å². The average Bonchev–Trinajstić information content (AvgIpc) is 3.47. The van der Waals surface area contributed by atoms with Crippen molar-refractivity contribution in [1.82, 2.24) is 19.8 Å². The molecule has 0 spiro atoms. The molecule has 7 rings (SSSR count). The second kappa shape index (κ2) is 11.4. The molecule has 4 heterocycles. The Labute approximate surface area is 217 Å². The standard InChI is InChI=1S/C28H34N4.2C2H6/c1-3-11-25-21(9-1)23-15-28-24(16-27(23)31(25)19-7-5-13-29-17-19)22-10-2-4-12-26(22)32(28)20-8-6-14-30-18-20;2*1-2/h1,3,9,11,15-16,19-20,29-30H,2,4-8,10,12-14,17-18H2;2*1-2H3.